The number of nitrogens with zero attached hydrogens (tertiary/aromatic N) is 4. The second kappa shape index (κ2) is 35.1. The lowest BCUT2D eigenvalue weighted by molar-refractivity contribution is -0.159. The molecule has 28 heteroatoms. The van der Waals surface area contributed by atoms with Crippen molar-refractivity contribution < 1.29 is 77.0 Å². The number of carbonyl (C=O) groups excluding carboxylic acids is 9. The maximum absolute atomic E-state index is 15.4. The molecule has 9 N–H and O–H groups in total. The van der Waals surface area contributed by atoms with E-state index in [0.717, 1.165) is 34.8 Å². The summed E-state index contributed by atoms with van der Waals surface area (Å²) >= 11 is 1.16. The molecule has 4 bridgehead atoms. The van der Waals surface area contributed by atoms with Gasteiger partial charge in [0.05, 0.1) is 44.3 Å². The lowest BCUT2D eigenvalue weighted by atomic mass is 9.79. The second-order valence-electron chi connectivity index (χ2n) is 28.9. The third-order valence-electron chi connectivity index (χ3n) is 20.4. The number of amides is 8. The standard InChI is InChI=1S/C78H100N10O17S/c1-41(2)63(83-57(90)22-15-14-16-33-88-58(91)27-28-59(88)92)76(99)82-53(21-18-32-80-77(79)100)75(98)81-50-25-23-49(24-26-50)40-102-55-38-52(87-34-29-51(30-35-87)86(11)12)39-56-64(55)84-65-60-61-68(94)47(8)71-62(60)73(96)78(10,105-71)103-36-31-54(101-13)45(6)70(104-48(9)89)46(7)67(93)44(5)37-42(3)19-17-20-43(4)74(97)85-66(69(61)95)72(65)106-56/h17,19-20,23-28,31,36,38-39,41-42,44-46,51,53-54,63,67,70,93,95H,14-16,18,21-22,29-30,32-35,37,40H2,1-13H3,(H,81,98)(H,82,99)(H,83,90)(H,85,97)(H3,79,80,100)/b19-17+,36-31+,43-20-/t42-,44+,45+,46+,53-,54-,63-,67+,70+,78-/m0/s1. The molecule has 1 fully saturated rings. The molecule has 10 atom stereocenters. The number of nitrogens with one attached hydrogen (secondary N) is 5. The van der Waals surface area contributed by atoms with Crippen LogP contribution in [0.25, 0.3) is 31.2 Å². The predicted octanol–water partition coefficient (Wildman–Crippen LogP) is 9.10. The summed E-state index contributed by atoms with van der Waals surface area (Å²) in [5.74, 6) is -8.70. The first-order chi connectivity index (χ1) is 50.3. The number of unbranched alkanes of at least 4 members (excludes halogenated alkanes) is 2. The van der Waals surface area contributed by atoms with Gasteiger partial charge in [-0.05, 0) is 120 Å². The number of benzene rings is 4. The maximum Gasteiger partial charge on any atom is 0.312 e. The predicted molar refractivity (Wildman–Crippen MR) is 404 cm³/mol. The van der Waals surface area contributed by atoms with Gasteiger partial charge in [-0.25, -0.2) is 9.78 Å². The Kier molecular flexibility index (Phi) is 26.6. The number of primary amides is 1. The van der Waals surface area contributed by atoms with E-state index in [-0.39, 0.29) is 112 Å². The van der Waals surface area contributed by atoms with Crippen LogP contribution in [0, 0.1) is 36.5 Å². The van der Waals surface area contributed by atoms with E-state index in [1.807, 2.05) is 45.9 Å². The van der Waals surface area contributed by atoms with Crippen molar-refractivity contribution in [3.05, 3.63) is 112 Å². The number of nitrogens with two attached hydrogens (primary N) is 1. The molecule has 570 valence electrons. The number of imide groups is 1. The lowest BCUT2D eigenvalue weighted by Crippen LogP contribution is -2.54. The van der Waals surface area contributed by atoms with Crippen molar-refractivity contribution in [1.29, 1.82) is 0 Å². The van der Waals surface area contributed by atoms with Crippen LogP contribution < -0.4 is 52.1 Å². The number of aromatic nitrogens is 1. The molecule has 0 aliphatic carbocycles. The zero-order valence-electron chi connectivity index (χ0n) is 62.5. The second-order valence-corrected chi connectivity index (χ2v) is 30.0. The van der Waals surface area contributed by atoms with Crippen molar-refractivity contribution in [2.24, 2.45) is 35.3 Å². The molecule has 0 radical (unpaired) electrons. The highest BCUT2D eigenvalue weighted by molar-refractivity contribution is 7.25. The number of hydrogen-bond donors (Lipinski definition) is 8. The van der Waals surface area contributed by atoms with Crippen molar-refractivity contribution in [3.63, 3.8) is 0 Å². The zero-order valence-corrected chi connectivity index (χ0v) is 63.4. The van der Waals surface area contributed by atoms with Crippen molar-refractivity contribution in [1.82, 2.24) is 30.7 Å². The molecule has 0 spiro atoms. The van der Waals surface area contributed by atoms with E-state index in [4.69, 9.17) is 34.4 Å². The van der Waals surface area contributed by atoms with E-state index in [9.17, 15) is 48.6 Å². The molecule has 8 amide bonds. The van der Waals surface area contributed by atoms with Gasteiger partial charge in [-0.15, -0.1) is 11.3 Å². The number of rotatable bonds is 23. The van der Waals surface area contributed by atoms with Crippen LogP contribution in [-0.4, -0.2) is 168 Å². The van der Waals surface area contributed by atoms with Crippen molar-refractivity contribution in [3.8, 4) is 17.2 Å². The van der Waals surface area contributed by atoms with Gasteiger partial charge in [-0.1, -0.05) is 78.3 Å². The fourth-order valence-corrected chi connectivity index (χ4v) is 15.3. The summed E-state index contributed by atoms with van der Waals surface area (Å²) in [6, 6.07) is 8.08. The summed E-state index contributed by atoms with van der Waals surface area (Å²) in [5.41, 5.74) is 6.71. The summed E-state index contributed by atoms with van der Waals surface area (Å²) in [6.07, 6.45) is 12.0. The summed E-state index contributed by atoms with van der Waals surface area (Å²) in [5, 5.41) is 38.1. The highest BCUT2D eigenvalue weighted by atomic mass is 32.1. The number of anilines is 3. The van der Waals surface area contributed by atoms with Crippen molar-refractivity contribution >= 4 is 113 Å². The molecule has 1 saturated heterocycles. The minimum Gasteiger partial charge on any atom is -0.505 e. The van der Waals surface area contributed by atoms with E-state index in [0.29, 0.717) is 72.0 Å². The van der Waals surface area contributed by atoms with Gasteiger partial charge in [0.25, 0.3) is 23.5 Å². The molecule has 1 aromatic heterocycles. The van der Waals surface area contributed by atoms with Gasteiger partial charge < -0.3 is 76.0 Å². The number of esters is 1. The molecular weight excluding hydrogens is 1380 g/mol. The number of phenolic OH excluding ortho intramolecular Hbond substituents is 1. The highest BCUT2D eigenvalue weighted by Crippen LogP contribution is 2.51. The van der Waals surface area contributed by atoms with Gasteiger partial charge in [0.1, 0.15) is 47.5 Å². The average molecular weight is 1480 g/mol. The van der Waals surface area contributed by atoms with Crippen LogP contribution in [0.3, 0.4) is 0 Å². The first kappa shape index (κ1) is 80.3. The summed E-state index contributed by atoms with van der Waals surface area (Å²) in [7, 11) is 5.58. The Hall–Kier alpha value is -9.77. The topological polar surface area (TPSA) is 366 Å². The Morgan fingerprint density at radius 3 is 2.25 bits per heavy atom. The average Bonchev–Trinajstić information content (AvgIpc) is 1.53. The number of allylic oxidation sites excluding steroid dienone is 3. The van der Waals surface area contributed by atoms with Gasteiger partial charge in [0.2, 0.25) is 17.7 Å². The largest absolute Gasteiger partial charge is 0.505 e. The molecule has 4 aromatic carbocycles. The summed E-state index contributed by atoms with van der Waals surface area (Å²) in [4.78, 5) is 146. The number of Topliss-reactive ketones (excluding diaryl/α,β-unsaturated/α-hetero) is 1. The van der Waals surface area contributed by atoms with E-state index < -0.39 is 107 Å². The number of urea groups is 1. The van der Waals surface area contributed by atoms with E-state index >= 15 is 9.59 Å². The Bertz CT molecular complexity index is 4350. The quantitative estimate of drug-likeness (QED) is 0.00754. The van der Waals surface area contributed by atoms with Crippen molar-refractivity contribution in [2.45, 2.75) is 176 Å². The number of ketones is 1. The number of piperidine rings is 1. The number of carbonyl (C=O) groups is 9. The highest BCUT2D eigenvalue weighted by Gasteiger charge is 2.50. The Morgan fingerprint density at radius 2 is 1.59 bits per heavy atom. The maximum atomic E-state index is 15.4. The van der Waals surface area contributed by atoms with E-state index in [1.54, 1.807) is 63.3 Å². The first-order valence-corrected chi connectivity index (χ1v) is 37.0. The summed E-state index contributed by atoms with van der Waals surface area (Å²) in [6.45, 7) is 18.4. The molecular formula is C78H100N10O17S. The van der Waals surface area contributed by atoms with Crippen LogP contribution in [-0.2, 0) is 54.4 Å². The number of aromatic hydroxyl groups is 1. The van der Waals surface area contributed by atoms with Gasteiger partial charge in [-0.2, -0.15) is 0 Å². The van der Waals surface area contributed by atoms with Crippen LogP contribution in [0.15, 0.2) is 89.5 Å². The fourth-order valence-electron chi connectivity index (χ4n) is 14.1. The SMILES string of the molecule is CO[C@H]1/C=C/O[C@@]2(C)Oc3c(C)c(=O)c4c(O)c(c5sc6cc(N7CCC(N(C)C)CC7)cc(OCc7ccc(NC(=O)[C@H](CCCNC(N)=O)NC(=O)[C@@H](NC(=O)CCCCCN8C(=O)C=CC8=O)C(C)C)cc7)c6nc5c4c3C2=O)NC(=O)/C(C)=C\C=C\[C@H](C)C[C@@H](C)[C@@H](O)[C@@H](C)[C@H](OC(C)=O)[C@@H]1C. The van der Waals surface area contributed by atoms with E-state index in [2.05, 4.69) is 50.5 Å². The number of methoxy groups -OCH3 is 1. The molecule has 4 aliphatic rings. The smallest absolute Gasteiger partial charge is 0.312 e. The number of aliphatic hydroxyl groups excluding tert-OH is 1. The third-order valence-corrected chi connectivity index (χ3v) is 21.5. The van der Waals surface area contributed by atoms with Gasteiger partial charge in [0.15, 0.2) is 11.2 Å². The Morgan fingerprint density at radius 1 is 0.896 bits per heavy atom. The Labute approximate surface area is 620 Å². The summed E-state index contributed by atoms with van der Waals surface area (Å²) < 4.78 is 32.1. The number of hydrogen-bond acceptors (Lipinski definition) is 21. The number of aliphatic hydroxyl groups is 1. The first-order valence-electron chi connectivity index (χ1n) is 36.2. The monoisotopic (exact) mass is 1480 g/mol. The molecule has 0 unspecified atom stereocenters. The zero-order chi connectivity index (χ0) is 77.2. The van der Waals surface area contributed by atoms with Crippen molar-refractivity contribution in [2.75, 3.05) is 62.9 Å². The molecule has 4 aliphatic heterocycles. The van der Waals surface area contributed by atoms with Gasteiger partial charge in [0, 0.05) is 118 Å². The van der Waals surface area contributed by atoms with Gasteiger partial charge >= 0.3 is 17.8 Å². The minimum absolute atomic E-state index is 0.0381. The van der Waals surface area contributed by atoms with Crippen LogP contribution in [0.4, 0.5) is 21.9 Å². The lowest BCUT2D eigenvalue weighted by Gasteiger charge is -2.36. The minimum atomic E-state index is -2.12. The van der Waals surface area contributed by atoms with Crippen LogP contribution in [0.5, 0.6) is 17.2 Å². The number of ether oxygens (including phenoxy) is 5. The fraction of sp³-hybridized carbons (Fsp3) is 0.500. The normalized spacial score (nSPS) is 23.5. The molecule has 9 rings (SSSR count). The molecule has 0 saturated carbocycles. The van der Waals surface area contributed by atoms with Gasteiger partial charge in [-0.3, -0.25) is 48.1 Å². The molecule has 5 heterocycles. The molecule has 5 aromatic rings. The van der Waals surface area contributed by atoms with E-state index in [1.165, 1.54) is 46.3 Å². The van der Waals surface area contributed by atoms with Crippen LogP contribution >= 0.6 is 11.3 Å². The molecule has 106 heavy (non-hydrogen) atoms. The Balaban J connectivity index is 1.06. The third kappa shape index (κ3) is 18.7. The van der Waals surface area contributed by atoms with Crippen LogP contribution in [0.2, 0.25) is 0 Å². The molecule has 27 nitrogen and oxygen atoms in total. The number of fused-ring (bicyclic) bond motifs is 2. The number of phenols is 1. The van der Waals surface area contributed by atoms with Crippen LogP contribution in [0.1, 0.15) is 142 Å².